The highest BCUT2D eigenvalue weighted by Crippen LogP contribution is 2.40. The summed E-state index contributed by atoms with van der Waals surface area (Å²) in [6, 6.07) is 6.78. The van der Waals surface area contributed by atoms with Crippen LogP contribution in [0.4, 0.5) is 25.6 Å². The number of amidine groups is 1. The van der Waals surface area contributed by atoms with E-state index < -0.39 is 11.9 Å². The predicted octanol–water partition coefficient (Wildman–Crippen LogP) is 4.07. The van der Waals surface area contributed by atoms with Gasteiger partial charge in [-0.25, -0.2) is 23.8 Å². The lowest BCUT2D eigenvalue weighted by atomic mass is 10.2. The SMILES string of the molecule is CCOC(=O)N1CCN(C2=Nc3cc(F)ccc3Nc3sc(CC)cc32)CC1.O=C(O)/C=C/C(=O)O. The third-order valence-corrected chi connectivity index (χ3v) is 6.48. The number of ether oxygens (including phenoxy) is 1. The fourth-order valence-electron chi connectivity index (χ4n) is 3.57. The maximum absolute atomic E-state index is 13.8. The summed E-state index contributed by atoms with van der Waals surface area (Å²) in [5.74, 6) is -2.00. The minimum Gasteiger partial charge on any atom is -0.478 e. The van der Waals surface area contributed by atoms with E-state index >= 15 is 0 Å². The number of fused-ring (bicyclic) bond motifs is 2. The zero-order valence-corrected chi connectivity index (χ0v) is 20.7. The number of amides is 1. The first-order valence-electron chi connectivity index (χ1n) is 11.3. The van der Waals surface area contributed by atoms with E-state index in [2.05, 4.69) is 23.2 Å². The first-order valence-corrected chi connectivity index (χ1v) is 12.1. The number of aliphatic carboxylic acids is 2. The first-order chi connectivity index (χ1) is 17.2. The number of carboxylic acid groups (broad SMARTS) is 2. The molecule has 0 radical (unpaired) electrons. The summed E-state index contributed by atoms with van der Waals surface area (Å²) in [5, 5.41) is 20.1. The van der Waals surface area contributed by atoms with E-state index in [1.54, 1.807) is 29.2 Å². The van der Waals surface area contributed by atoms with Crippen molar-refractivity contribution in [2.75, 3.05) is 38.1 Å². The third-order valence-electron chi connectivity index (χ3n) is 5.28. The van der Waals surface area contributed by atoms with Crippen molar-refractivity contribution in [3.63, 3.8) is 0 Å². The van der Waals surface area contributed by atoms with E-state index in [1.165, 1.54) is 17.0 Å². The maximum Gasteiger partial charge on any atom is 0.409 e. The molecule has 1 saturated heterocycles. The molecule has 0 aliphatic carbocycles. The maximum atomic E-state index is 13.8. The molecule has 2 aliphatic heterocycles. The molecule has 0 saturated carbocycles. The summed E-state index contributed by atoms with van der Waals surface area (Å²) in [7, 11) is 0. The van der Waals surface area contributed by atoms with Crippen molar-refractivity contribution < 1.29 is 33.7 Å². The van der Waals surface area contributed by atoms with E-state index in [1.807, 2.05) is 0 Å². The van der Waals surface area contributed by atoms with Gasteiger partial charge in [-0.15, -0.1) is 11.3 Å². The number of aliphatic imine (C=N–C) groups is 1. The number of anilines is 2. The molecule has 1 aromatic carbocycles. The number of hydrogen-bond acceptors (Lipinski definition) is 8. The number of carboxylic acids is 2. The fourth-order valence-corrected chi connectivity index (χ4v) is 4.58. The summed E-state index contributed by atoms with van der Waals surface area (Å²) >= 11 is 1.70. The van der Waals surface area contributed by atoms with Crippen LogP contribution in [0.3, 0.4) is 0 Å². The van der Waals surface area contributed by atoms with Crippen LogP contribution in [0.2, 0.25) is 0 Å². The zero-order valence-electron chi connectivity index (χ0n) is 19.9. The minimum atomic E-state index is -1.26. The average Bonchev–Trinajstić information content (AvgIpc) is 3.19. The highest BCUT2D eigenvalue weighted by Gasteiger charge is 2.28. The predicted molar refractivity (Wildman–Crippen MR) is 134 cm³/mol. The second kappa shape index (κ2) is 12.2. The minimum absolute atomic E-state index is 0.275. The van der Waals surface area contributed by atoms with E-state index in [0.29, 0.717) is 50.6 Å². The van der Waals surface area contributed by atoms with E-state index in [0.717, 1.165) is 28.5 Å². The Morgan fingerprint density at radius 2 is 1.78 bits per heavy atom. The molecule has 12 heteroatoms. The lowest BCUT2D eigenvalue weighted by Crippen LogP contribution is -2.50. The molecule has 192 valence electrons. The molecule has 3 heterocycles. The van der Waals surface area contributed by atoms with Crippen LogP contribution >= 0.6 is 11.3 Å². The van der Waals surface area contributed by atoms with Gasteiger partial charge in [0.15, 0.2) is 0 Å². The summed E-state index contributed by atoms with van der Waals surface area (Å²) < 4.78 is 18.9. The Hall–Kier alpha value is -3.93. The number of piperazine rings is 1. The molecule has 4 rings (SSSR count). The molecule has 0 unspecified atom stereocenters. The normalized spacial score (nSPS) is 14.5. The lowest BCUT2D eigenvalue weighted by molar-refractivity contribution is -0.134. The summed E-state index contributed by atoms with van der Waals surface area (Å²) in [6.07, 6.45) is 1.79. The molecule has 10 nitrogen and oxygen atoms in total. The molecule has 0 atom stereocenters. The molecule has 1 fully saturated rings. The standard InChI is InChI=1S/C20H23FN4O2S.C4H4O4/c1-3-14-12-15-18(24-7-9-25(10-8-24)20(26)27-4-2)22-17-11-13(21)5-6-16(17)23-19(15)28-14;5-3(6)1-2-4(7)8/h5-6,11-12,23H,3-4,7-10H2,1-2H3;1-2H,(H,5,6)(H,7,8)/b;2-1+. The van der Waals surface area contributed by atoms with Gasteiger partial charge >= 0.3 is 18.0 Å². The van der Waals surface area contributed by atoms with E-state index in [9.17, 15) is 18.8 Å². The summed E-state index contributed by atoms with van der Waals surface area (Å²) in [6.45, 7) is 6.75. The second-order valence-corrected chi connectivity index (χ2v) is 8.85. The van der Waals surface area contributed by atoms with E-state index in [4.69, 9.17) is 19.9 Å². The monoisotopic (exact) mass is 518 g/mol. The van der Waals surface area contributed by atoms with Gasteiger partial charge in [0, 0.05) is 49.3 Å². The van der Waals surface area contributed by atoms with Crippen LogP contribution in [0, 0.1) is 5.82 Å². The quantitative estimate of drug-likeness (QED) is 0.516. The van der Waals surface area contributed by atoms with Crippen LogP contribution in [0.1, 0.15) is 24.3 Å². The van der Waals surface area contributed by atoms with Gasteiger partial charge in [-0.05, 0) is 31.5 Å². The first kappa shape index (κ1) is 26.7. The average molecular weight is 519 g/mol. The zero-order chi connectivity index (χ0) is 26.2. The molecular formula is C24H27FN4O6S. The Morgan fingerprint density at radius 3 is 2.36 bits per heavy atom. The van der Waals surface area contributed by atoms with Crippen LogP contribution in [0.25, 0.3) is 0 Å². The largest absolute Gasteiger partial charge is 0.478 e. The van der Waals surface area contributed by atoms with Gasteiger partial charge in [-0.2, -0.15) is 0 Å². The Kier molecular flexibility index (Phi) is 9.01. The number of thiophene rings is 1. The van der Waals surface area contributed by atoms with Gasteiger partial charge in [0.25, 0.3) is 0 Å². The van der Waals surface area contributed by atoms with Crippen molar-refractivity contribution in [3.05, 3.63) is 52.7 Å². The number of nitrogens with one attached hydrogen (secondary N) is 1. The number of benzene rings is 1. The van der Waals surface area contributed by atoms with Crippen LogP contribution < -0.4 is 5.32 Å². The van der Waals surface area contributed by atoms with Crippen molar-refractivity contribution in [2.45, 2.75) is 20.3 Å². The van der Waals surface area contributed by atoms with Gasteiger partial charge in [0.1, 0.15) is 16.7 Å². The number of halogens is 1. The molecule has 0 spiro atoms. The van der Waals surface area contributed by atoms with Crippen molar-refractivity contribution in [2.24, 2.45) is 4.99 Å². The van der Waals surface area contributed by atoms with Crippen molar-refractivity contribution in [1.82, 2.24) is 9.80 Å². The Labute approximate surface area is 211 Å². The molecule has 0 bridgehead atoms. The Balaban J connectivity index is 0.000000392. The van der Waals surface area contributed by atoms with E-state index in [-0.39, 0.29) is 11.9 Å². The number of carbonyl (C=O) groups excluding carboxylic acids is 1. The topological polar surface area (TPSA) is 132 Å². The number of hydrogen-bond donors (Lipinski definition) is 3. The Morgan fingerprint density at radius 1 is 1.11 bits per heavy atom. The summed E-state index contributed by atoms with van der Waals surface area (Å²) in [5.41, 5.74) is 2.42. The van der Waals surface area contributed by atoms with Gasteiger partial charge in [-0.1, -0.05) is 6.92 Å². The van der Waals surface area contributed by atoms with Crippen LogP contribution in [-0.2, 0) is 20.7 Å². The van der Waals surface area contributed by atoms with Gasteiger partial charge in [0.05, 0.1) is 23.5 Å². The summed E-state index contributed by atoms with van der Waals surface area (Å²) in [4.78, 5) is 41.1. The van der Waals surface area contributed by atoms with Crippen LogP contribution in [0.5, 0.6) is 0 Å². The number of carbonyl (C=O) groups is 3. The Bertz CT molecular complexity index is 1170. The fraction of sp³-hybridized carbons (Fsp3) is 0.333. The van der Waals surface area contributed by atoms with Crippen LogP contribution in [-0.4, -0.2) is 76.7 Å². The second-order valence-electron chi connectivity index (χ2n) is 7.71. The van der Waals surface area contributed by atoms with Crippen LogP contribution in [0.15, 0.2) is 41.4 Å². The molecule has 1 amide bonds. The van der Waals surface area contributed by atoms with Gasteiger partial charge in [0.2, 0.25) is 0 Å². The molecule has 36 heavy (non-hydrogen) atoms. The number of nitrogens with zero attached hydrogens (tertiary/aromatic N) is 3. The molecule has 1 aromatic heterocycles. The molecule has 3 N–H and O–H groups in total. The smallest absolute Gasteiger partial charge is 0.409 e. The van der Waals surface area contributed by atoms with Crippen molar-refractivity contribution in [1.29, 1.82) is 0 Å². The highest BCUT2D eigenvalue weighted by atomic mass is 32.1. The van der Waals surface area contributed by atoms with Crippen molar-refractivity contribution in [3.8, 4) is 0 Å². The van der Waals surface area contributed by atoms with Crippen molar-refractivity contribution >= 4 is 51.6 Å². The van der Waals surface area contributed by atoms with Gasteiger partial charge < -0.3 is 30.1 Å². The third kappa shape index (κ3) is 6.81. The number of aryl methyl sites for hydroxylation is 1. The highest BCUT2D eigenvalue weighted by molar-refractivity contribution is 7.16. The van der Waals surface area contributed by atoms with Gasteiger partial charge in [-0.3, -0.25) is 0 Å². The molecule has 2 aromatic rings. The lowest BCUT2D eigenvalue weighted by Gasteiger charge is -2.35. The number of rotatable bonds is 4. The molecule has 2 aliphatic rings. The molecular weight excluding hydrogens is 491 g/mol.